The van der Waals surface area contributed by atoms with E-state index in [0.717, 1.165) is 31.2 Å². The van der Waals surface area contributed by atoms with E-state index in [1.165, 1.54) is 0 Å². The summed E-state index contributed by atoms with van der Waals surface area (Å²) in [6.07, 6.45) is -0.372. The van der Waals surface area contributed by atoms with Gasteiger partial charge >= 0.3 is 6.18 Å². The van der Waals surface area contributed by atoms with Crippen molar-refractivity contribution < 1.29 is 23.1 Å². The first-order valence-electron chi connectivity index (χ1n) is 9.16. The van der Waals surface area contributed by atoms with E-state index in [9.17, 15) is 23.1 Å². The Balaban J connectivity index is 1.73. The molecule has 1 heterocycles. The molecular formula is C19H25F3N2O2. The molecule has 3 atom stereocenters. The van der Waals surface area contributed by atoms with Crippen LogP contribution in [0.4, 0.5) is 13.2 Å². The highest BCUT2D eigenvalue weighted by molar-refractivity contribution is 5.78. The summed E-state index contributed by atoms with van der Waals surface area (Å²) in [7, 11) is 0. The van der Waals surface area contributed by atoms with Gasteiger partial charge in [0.15, 0.2) is 0 Å². The summed E-state index contributed by atoms with van der Waals surface area (Å²) >= 11 is 0. The minimum Gasteiger partial charge on any atom is -0.385 e. The van der Waals surface area contributed by atoms with Gasteiger partial charge in [-0.25, -0.2) is 0 Å². The van der Waals surface area contributed by atoms with Gasteiger partial charge in [0.2, 0.25) is 5.91 Å². The highest BCUT2D eigenvalue weighted by atomic mass is 19.4. The lowest BCUT2D eigenvalue weighted by Crippen LogP contribution is -2.60. The number of carbonyl (C=O) groups excluding carboxylic acids is 1. The van der Waals surface area contributed by atoms with Crippen LogP contribution >= 0.6 is 0 Å². The monoisotopic (exact) mass is 370 g/mol. The van der Waals surface area contributed by atoms with Crippen molar-refractivity contribution in [1.29, 1.82) is 0 Å². The maximum Gasteiger partial charge on any atom is 0.401 e. The summed E-state index contributed by atoms with van der Waals surface area (Å²) in [5.74, 6) is -0.403. The lowest BCUT2D eigenvalue weighted by molar-refractivity contribution is -0.155. The molecule has 1 saturated carbocycles. The Morgan fingerprint density at radius 1 is 1.23 bits per heavy atom. The third-order valence-corrected chi connectivity index (χ3v) is 5.67. The molecule has 0 bridgehead atoms. The first kappa shape index (κ1) is 19.2. The van der Waals surface area contributed by atoms with Gasteiger partial charge in [0.1, 0.15) is 0 Å². The van der Waals surface area contributed by atoms with Crippen LogP contribution in [0.5, 0.6) is 0 Å². The standard InChI is InChI=1S/C19H25F3N2O2/c20-19(21,22)13-23-12-17(25)24-11-10-18(26,14-6-2-1-3-7-14)15-8-4-5-9-16(15)24/h1-3,6-7,15-16,23,26H,4-5,8-13H2. The number of fused-ring (bicyclic) bond motifs is 1. The third-order valence-electron chi connectivity index (χ3n) is 5.67. The number of amides is 1. The van der Waals surface area contributed by atoms with Crippen LogP contribution in [-0.4, -0.2) is 47.8 Å². The van der Waals surface area contributed by atoms with Crippen LogP contribution in [-0.2, 0) is 10.4 Å². The Morgan fingerprint density at radius 2 is 1.92 bits per heavy atom. The zero-order valence-electron chi connectivity index (χ0n) is 14.6. The van der Waals surface area contributed by atoms with Gasteiger partial charge in [-0.1, -0.05) is 43.2 Å². The van der Waals surface area contributed by atoms with Gasteiger partial charge < -0.3 is 15.3 Å². The zero-order chi connectivity index (χ0) is 18.8. The number of rotatable bonds is 4. The van der Waals surface area contributed by atoms with Gasteiger partial charge in [-0.3, -0.25) is 4.79 Å². The fourth-order valence-electron chi connectivity index (χ4n) is 4.49. The quantitative estimate of drug-likeness (QED) is 0.857. The van der Waals surface area contributed by atoms with E-state index in [0.29, 0.717) is 13.0 Å². The van der Waals surface area contributed by atoms with E-state index < -0.39 is 18.3 Å². The Kier molecular flexibility index (Phi) is 5.58. The van der Waals surface area contributed by atoms with Crippen molar-refractivity contribution in [2.24, 2.45) is 5.92 Å². The van der Waals surface area contributed by atoms with E-state index in [4.69, 9.17) is 0 Å². The molecule has 3 rings (SSSR count). The second kappa shape index (κ2) is 7.56. The average Bonchev–Trinajstić information content (AvgIpc) is 2.62. The normalized spacial score (nSPS) is 29.3. The minimum atomic E-state index is -4.33. The zero-order valence-corrected chi connectivity index (χ0v) is 14.6. The number of hydrogen-bond donors (Lipinski definition) is 2. The molecule has 1 aromatic carbocycles. The number of halogens is 3. The number of benzene rings is 1. The van der Waals surface area contributed by atoms with E-state index in [-0.39, 0.29) is 24.4 Å². The molecule has 4 nitrogen and oxygen atoms in total. The Hall–Kier alpha value is -1.60. The first-order chi connectivity index (χ1) is 12.3. The van der Waals surface area contributed by atoms with Gasteiger partial charge in [-0.05, 0) is 24.8 Å². The number of likely N-dealkylation sites (tertiary alicyclic amines) is 1. The largest absolute Gasteiger partial charge is 0.401 e. The molecule has 2 fully saturated rings. The number of hydrogen-bond acceptors (Lipinski definition) is 3. The van der Waals surface area contributed by atoms with Crippen molar-refractivity contribution >= 4 is 5.91 Å². The summed E-state index contributed by atoms with van der Waals surface area (Å²) < 4.78 is 36.9. The second-order valence-electron chi connectivity index (χ2n) is 7.30. The molecule has 2 N–H and O–H groups in total. The van der Waals surface area contributed by atoms with E-state index in [1.807, 2.05) is 30.3 Å². The van der Waals surface area contributed by atoms with Crippen LogP contribution in [0.25, 0.3) is 0 Å². The predicted molar refractivity (Wildman–Crippen MR) is 91.3 cm³/mol. The summed E-state index contributed by atoms with van der Waals surface area (Å²) in [5.41, 5.74) is -0.123. The number of piperidine rings is 1. The lowest BCUT2D eigenvalue weighted by Gasteiger charge is -2.52. The third kappa shape index (κ3) is 4.04. The van der Waals surface area contributed by atoms with Crippen LogP contribution in [0.2, 0.25) is 0 Å². The van der Waals surface area contributed by atoms with E-state index in [1.54, 1.807) is 4.90 Å². The van der Waals surface area contributed by atoms with Crippen molar-refractivity contribution in [3.8, 4) is 0 Å². The summed E-state index contributed by atoms with van der Waals surface area (Å²) in [5, 5.41) is 13.6. The van der Waals surface area contributed by atoms with Crippen LogP contribution in [0.3, 0.4) is 0 Å². The van der Waals surface area contributed by atoms with Gasteiger partial charge in [-0.2, -0.15) is 13.2 Å². The molecule has 7 heteroatoms. The summed E-state index contributed by atoms with van der Waals surface area (Å²) in [6, 6.07) is 9.38. The molecule has 0 aromatic heterocycles. The van der Waals surface area contributed by atoms with Crippen molar-refractivity contribution in [1.82, 2.24) is 10.2 Å². The maximum absolute atomic E-state index is 12.5. The van der Waals surface area contributed by atoms with E-state index >= 15 is 0 Å². The fourth-order valence-corrected chi connectivity index (χ4v) is 4.49. The molecule has 26 heavy (non-hydrogen) atoms. The summed E-state index contributed by atoms with van der Waals surface area (Å²) in [4.78, 5) is 14.2. The number of carbonyl (C=O) groups is 1. The van der Waals surface area contributed by atoms with Crippen molar-refractivity contribution in [2.75, 3.05) is 19.6 Å². The number of nitrogens with one attached hydrogen (secondary N) is 1. The highest BCUT2D eigenvalue weighted by Crippen LogP contribution is 2.46. The second-order valence-corrected chi connectivity index (χ2v) is 7.30. The van der Waals surface area contributed by atoms with Gasteiger partial charge in [0.05, 0.1) is 18.7 Å². The van der Waals surface area contributed by atoms with E-state index in [2.05, 4.69) is 5.32 Å². The molecule has 3 unspecified atom stereocenters. The molecule has 1 aromatic rings. The van der Waals surface area contributed by atoms with Crippen molar-refractivity contribution in [3.05, 3.63) is 35.9 Å². The molecule has 1 aliphatic heterocycles. The highest BCUT2D eigenvalue weighted by Gasteiger charge is 2.50. The van der Waals surface area contributed by atoms with Crippen LogP contribution in [0, 0.1) is 5.92 Å². The van der Waals surface area contributed by atoms with Crippen molar-refractivity contribution in [3.63, 3.8) is 0 Å². The lowest BCUT2D eigenvalue weighted by atomic mass is 9.66. The Bertz CT molecular complexity index is 623. The molecule has 0 spiro atoms. The molecule has 0 radical (unpaired) electrons. The van der Waals surface area contributed by atoms with Crippen LogP contribution in [0.1, 0.15) is 37.7 Å². The Morgan fingerprint density at radius 3 is 2.62 bits per heavy atom. The number of nitrogens with zero attached hydrogens (tertiary/aromatic N) is 1. The fraction of sp³-hybridized carbons (Fsp3) is 0.632. The van der Waals surface area contributed by atoms with Crippen molar-refractivity contribution in [2.45, 2.75) is 49.9 Å². The SMILES string of the molecule is O=C(CNCC(F)(F)F)N1CCC(O)(c2ccccc2)C2CCCCC21. The molecular weight excluding hydrogens is 345 g/mol. The van der Waals surface area contributed by atoms with Gasteiger partial charge in [0.25, 0.3) is 0 Å². The van der Waals surface area contributed by atoms with Gasteiger partial charge in [-0.15, -0.1) is 0 Å². The molecule has 144 valence electrons. The predicted octanol–water partition coefficient (Wildman–Crippen LogP) is 2.82. The smallest absolute Gasteiger partial charge is 0.385 e. The Labute approximate surface area is 151 Å². The van der Waals surface area contributed by atoms with Gasteiger partial charge in [0, 0.05) is 18.5 Å². The first-order valence-corrected chi connectivity index (χ1v) is 9.16. The topological polar surface area (TPSA) is 52.6 Å². The van der Waals surface area contributed by atoms with Crippen LogP contribution < -0.4 is 5.32 Å². The number of alkyl halides is 3. The minimum absolute atomic E-state index is 0.0843. The molecule has 1 saturated heterocycles. The molecule has 1 aliphatic carbocycles. The average molecular weight is 370 g/mol. The van der Waals surface area contributed by atoms with Crippen LogP contribution in [0.15, 0.2) is 30.3 Å². The molecule has 2 aliphatic rings. The molecule has 1 amide bonds. The maximum atomic E-state index is 12.5. The summed E-state index contributed by atoms with van der Waals surface area (Å²) in [6.45, 7) is -1.14. The number of aliphatic hydroxyl groups is 1.